The van der Waals surface area contributed by atoms with Crippen molar-refractivity contribution in [2.45, 2.75) is 69.2 Å². The Balaban J connectivity index is 1.35. The fraction of sp³-hybridized carbons (Fsp3) is 0.684. The number of hydrogen-bond donors (Lipinski definition) is 2. The minimum atomic E-state index is -0.259. The first kappa shape index (κ1) is 14.7. The first-order valence-corrected chi connectivity index (χ1v) is 9.07. The van der Waals surface area contributed by atoms with Crippen LogP contribution in [0.1, 0.15) is 55.7 Å². The maximum absolute atomic E-state index is 10.4. The molecule has 120 valence electrons. The molecule has 3 nitrogen and oxygen atoms in total. The van der Waals surface area contributed by atoms with Gasteiger partial charge in [-0.3, -0.25) is 0 Å². The van der Waals surface area contributed by atoms with Crippen molar-refractivity contribution < 1.29 is 5.11 Å². The molecule has 0 radical (unpaired) electrons. The number of nitrogens with one attached hydrogen (secondary N) is 1. The molecular formula is C19H28N2O. The third kappa shape index (κ3) is 2.82. The lowest BCUT2D eigenvalue weighted by Gasteiger charge is -2.37. The fourth-order valence-electron chi connectivity index (χ4n) is 4.73. The molecule has 1 saturated carbocycles. The van der Waals surface area contributed by atoms with Crippen LogP contribution < -0.4 is 5.32 Å². The summed E-state index contributed by atoms with van der Waals surface area (Å²) in [7, 11) is 0. The van der Waals surface area contributed by atoms with E-state index in [1.807, 2.05) is 0 Å². The summed E-state index contributed by atoms with van der Waals surface area (Å²) in [6.45, 7) is 2.46. The number of nitrogens with zero attached hydrogens (tertiary/aromatic N) is 1. The predicted octanol–water partition coefficient (Wildman–Crippen LogP) is 2.64. The third-order valence-electron chi connectivity index (χ3n) is 5.99. The zero-order valence-corrected chi connectivity index (χ0v) is 13.4. The number of piperidine rings is 1. The van der Waals surface area contributed by atoms with Crippen molar-refractivity contribution in [2.75, 3.05) is 13.1 Å². The van der Waals surface area contributed by atoms with E-state index < -0.39 is 0 Å². The second kappa shape index (κ2) is 6.31. The molecule has 3 heteroatoms. The molecule has 0 aromatic heterocycles. The first-order valence-electron chi connectivity index (χ1n) is 9.07. The molecule has 1 saturated heterocycles. The van der Waals surface area contributed by atoms with Crippen LogP contribution in [-0.2, 0) is 6.42 Å². The summed E-state index contributed by atoms with van der Waals surface area (Å²) in [6, 6.07) is 10.1. The van der Waals surface area contributed by atoms with Gasteiger partial charge in [0, 0.05) is 18.5 Å². The molecule has 22 heavy (non-hydrogen) atoms. The van der Waals surface area contributed by atoms with Crippen molar-refractivity contribution in [1.29, 1.82) is 0 Å². The summed E-state index contributed by atoms with van der Waals surface area (Å²) in [6.07, 6.45) is 8.66. The summed E-state index contributed by atoms with van der Waals surface area (Å²) >= 11 is 0. The highest BCUT2D eigenvalue weighted by Gasteiger charge is 2.34. The van der Waals surface area contributed by atoms with E-state index in [0.717, 1.165) is 12.5 Å². The topological polar surface area (TPSA) is 35.5 Å². The lowest BCUT2D eigenvalue weighted by Crippen LogP contribution is -2.47. The average molecular weight is 300 g/mol. The summed E-state index contributed by atoms with van der Waals surface area (Å²) in [5.41, 5.74) is 2.63. The molecule has 1 aliphatic heterocycles. The van der Waals surface area contributed by atoms with Gasteiger partial charge in [0.2, 0.25) is 0 Å². The summed E-state index contributed by atoms with van der Waals surface area (Å²) in [4.78, 5) is 2.71. The van der Waals surface area contributed by atoms with Crippen molar-refractivity contribution in [1.82, 2.24) is 10.2 Å². The lowest BCUT2D eigenvalue weighted by molar-refractivity contribution is 0.107. The highest BCUT2D eigenvalue weighted by Crippen LogP contribution is 2.33. The molecular weight excluding hydrogens is 272 g/mol. The molecule has 0 amide bonds. The van der Waals surface area contributed by atoms with E-state index >= 15 is 0 Å². The van der Waals surface area contributed by atoms with Crippen LogP contribution in [0.4, 0.5) is 0 Å². The van der Waals surface area contributed by atoms with Crippen LogP contribution in [0.2, 0.25) is 0 Å². The van der Waals surface area contributed by atoms with Gasteiger partial charge in [0.15, 0.2) is 0 Å². The van der Waals surface area contributed by atoms with Gasteiger partial charge in [-0.2, -0.15) is 0 Å². The van der Waals surface area contributed by atoms with E-state index in [2.05, 4.69) is 34.5 Å². The summed E-state index contributed by atoms with van der Waals surface area (Å²) < 4.78 is 0. The van der Waals surface area contributed by atoms with Crippen LogP contribution in [0, 0.1) is 0 Å². The molecule has 2 N–H and O–H groups in total. The Morgan fingerprint density at radius 3 is 2.50 bits per heavy atom. The molecule has 1 heterocycles. The average Bonchev–Trinajstić information content (AvgIpc) is 3.17. The highest BCUT2D eigenvalue weighted by molar-refractivity contribution is 5.36. The molecule has 3 aliphatic rings. The number of fused-ring (bicyclic) bond motifs is 1. The van der Waals surface area contributed by atoms with E-state index in [1.54, 1.807) is 0 Å². The number of likely N-dealkylation sites (tertiary alicyclic amines) is 1. The maximum atomic E-state index is 10.4. The minimum absolute atomic E-state index is 0.138. The summed E-state index contributed by atoms with van der Waals surface area (Å²) in [5.74, 6) is 0. The maximum Gasteiger partial charge on any atom is 0.0775 e. The number of benzene rings is 1. The van der Waals surface area contributed by atoms with Crippen LogP contribution in [0.5, 0.6) is 0 Å². The predicted molar refractivity (Wildman–Crippen MR) is 88.9 cm³/mol. The van der Waals surface area contributed by atoms with E-state index in [-0.39, 0.29) is 12.1 Å². The van der Waals surface area contributed by atoms with Crippen LogP contribution in [0.3, 0.4) is 0 Å². The van der Waals surface area contributed by atoms with E-state index in [4.69, 9.17) is 0 Å². The molecule has 2 fully saturated rings. The van der Waals surface area contributed by atoms with Crippen molar-refractivity contribution in [3.8, 4) is 0 Å². The van der Waals surface area contributed by atoms with E-state index in [1.165, 1.54) is 62.7 Å². The quantitative estimate of drug-likeness (QED) is 0.901. The van der Waals surface area contributed by atoms with Crippen LogP contribution in [-0.4, -0.2) is 41.3 Å². The van der Waals surface area contributed by atoms with Crippen molar-refractivity contribution in [2.24, 2.45) is 0 Å². The summed E-state index contributed by atoms with van der Waals surface area (Å²) in [5, 5.41) is 14.2. The largest absolute Gasteiger partial charge is 0.391 e. The van der Waals surface area contributed by atoms with E-state index in [0.29, 0.717) is 6.04 Å². The van der Waals surface area contributed by atoms with Gasteiger partial charge in [-0.25, -0.2) is 0 Å². The molecule has 1 aromatic carbocycles. The third-order valence-corrected chi connectivity index (χ3v) is 5.99. The van der Waals surface area contributed by atoms with Gasteiger partial charge in [-0.1, -0.05) is 37.1 Å². The Morgan fingerprint density at radius 2 is 1.73 bits per heavy atom. The standard InChI is InChI=1S/C19H28N2O/c22-18-13-14-5-1-4-8-17(14)19(18)20-15-9-11-21(12-10-15)16-6-2-3-7-16/h1,4-5,8,15-16,18-20,22H,2-3,6-7,9-13H2. The molecule has 0 spiro atoms. The van der Waals surface area contributed by atoms with Gasteiger partial charge < -0.3 is 15.3 Å². The van der Waals surface area contributed by atoms with Crippen LogP contribution >= 0.6 is 0 Å². The normalized spacial score (nSPS) is 30.8. The molecule has 4 rings (SSSR count). The monoisotopic (exact) mass is 300 g/mol. The molecule has 2 atom stereocenters. The second-order valence-corrected chi connectivity index (χ2v) is 7.36. The van der Waals surface area contributed by atoms with Gasteiger partial charge >= 0.3 is 0 Å². The van der Waals surface area contributed by atoms with Crippen LogP contribution in [0.25, 0.3) is 0 Å². The van der Waals surface area contributed by atoms with Crippen LogP contribution in [0.15, 0.2) is 24.3 Å². The number of aliphatic hydroxyl groups excluding tert-OH is 1. The van der Waals surface area contributed by atoms with Gasteiger partial charge in [0.05, 0.1) is 12.1 Å². The minimum Gasteiger partial charge on any atom is -0.391 e. The van der Waals surface area contributed by atoms with Gasteiger partial charge in [-0.05, 0) is 49.9 Å². The van der Waals surface area contributed by atoms with Crippen molar-refractivity contribution >= 4 is 0 Å². The Labute approximate surface area is 133 Å². The lowest BCUT2D eigenvalue weighted by atomic mass is 9.99. The first-order chi connectivity index (χ1) is 10.8. The Morgan fingerprint density at radius 1 is 1.00 bits per heavy atom. The molecule has 2 aliphatic carbocycles. The van der Waals surface area contributed by atoms with Gasteiger partial charge in [0.25, 0.3) is 0 Å². The zero-order chi connectivity index (χ0) is 14.9. The Kier molecular flexibility index (Phi) is 4.21. The van der Waals surface area contributed by atoms with Gasteiger partial charge in [0.1, 0.15) is 0 Å². The molecule has 1 aromatic rings. The Bertz CT molecular complexity index is 504. The van der Waals surface area contributed by atoms with E-state index in [9.17, 15) is 5.11 Å². The van der Waals surface area contributed by atoms with Crippen molar-refractivity contribution in [3.05, 3.63) is 35.4 Å². The molecule has 2 unspecified atom stereocenters. The number of rotatable bonds is 3. The number of aliphatic hydroxyl groups is 1. The number of hydrogen-bond acceptors (Lipinski definition) is 3. The van der Waals surface area contributed by atoms with Crippen molar-refractivity contribution in [3.63, 3.8) is 0 Å². The Hall–Kier alpha value is -0.900. The highest BCUT2D eigenvalue weighted by atomic mass is 16.3. The second-order valence-electron chi connectivity index (χ2n) is 7.36. The van der Waals surface area contributed by atoms with Gasteiger partial charge in [-0.15, -0.1) is 0 Å². The fourth-order valence-corrected chi connectivity index (χ4v) is 4.73. The molecule has 0 bridgehead atoms. The zero-order valence-electron chi connectivity index (χ0n) is 13.4. The smallest absolute Gasteiger partial charge is 0.0775 e. The SMILES string of the molecule is OC1Cc2ccccc2C1NC1CCN(C2CCCC2)CC1.